The van der Waals surface area contributed by atoms with Crippen molar-refractivity contribution < 1.29 is 14.7 Å². The van der Waals surface area contributed by atoms with Gasteiger partial charge in [-0.1, -0.05) is 12.1 Å². The molecule has 0 unspecified atom stereocenters. The molecule has 0 radical (unpaired) electrons. The van der Waals surface area contributed by atoms with Gasteiger partial charge in [0.25, 0.3) is 0 Å². The van der Waals surface area contributed by atoms with Gasteiger partial charge >= 0.3 is 5.97 Å². The third kappa shape index (κ3) is 1.70. The Kier molecular flexibility index (Phi) is 2.19. The van der Waals surface area contributed by atoms with E-state index < -0.39 is 11.9 Å². The van der Waals surface area contributed by atoms with E-state index in [-0.39, 0.29) is 5.91 Å². The van der Waals surface area contributed by atoms with E-state index in [9.17, 15) is 9.59 Å². The van der Waals surface area contributed by atoms with E-state index in [0.29, 0.717) is 6.42 Å². The van der Waals surface area contributed by atoms with Gasteiger partial charge in [-0.25, -0.2) is 0 Å². The number of nitrogens with one attached hydrogen (secondary N) is 1. The van der Waals surface area contributed by atoms with Gasteiger partial charge in [0.1, 0.15) is 0 Å². The molecule has 0 aliphatic carbocycles. The molecule has 15 heavy (non-hydrogen) atoms. The molecule has 1 heterocycles. The highest BCUT2D eigenvalue weighted by molar-refractivity contribution is 5.99. The summed E-state index contributed by atoms with van der Waals surface area (Å²) in [5.41, 5.74) is 2.41. The number of hydrogen-bond acceptors (Lipinski definition) is 2. The van der Waals surface area contributed by atoms with Gasteiger partial charge in [0.2, 0.25) is 5.91 Å². The van der Waals surface area contributed by atoms with Gasteiger partial charge in [-0.05, 0) is 24.1 Å². The molecular weight excluding hydrogens is 194 g/mol. The average molecular weight is 205 g/mol. The van der Waals surface area contributed by atoms with Crippen molar-refractivity contribution in [2.45, 2.75) is 19.3 Å². The van der Waals surface area contributed by atoms with Crippen LogP contribution in [-0.2, 0) is 16.0 Å². The van der Waals surface area contributed by atoms with Crippen molar-refractivity contribution in [3.05, 3.63) is 29.3 Å². The first-order valence-corrected chi connectivity index (χ1v) is 4.73. The molecule has 1 aliphatic heterocycles. The smallest absolute Gasteiger partial charge is 0.310 e. The number of rotatable bonds is 2. The second-order valence-electron chi connectivity index (χ2n) is 3.70. The predicted molar refractivity (Wildman–Crippen MR) is 54.8 cm³/mol. The predicted octanol–water partition coefficient (Wildman–Crippen LogP) is 1.37. The maximum Gasteiger partial charge on any atom is 0.310 e. The number of anilines is 1. The van der Waals surface area contributed by atoms with E-state index in [1.165, 1.54) is 0 Å². The average Bonchev–Trinajstić information content (AvgIpc) is 2.55. The van der Waals surface area contributed by atoms with Crippen molar-refractivity contribution in [3.63, 3.8) is 0 Å². The first kappa shape index (κ1) is 9.71. The Morgan fingerprint density at radius 3 is 2.93 bits per heavy atom. The lowest BCUT2D eigenvalue weighted by molar-refractivity contribution is -0.138. The standard InChI is InChI=1S/C11H11NO3/c1-6(11(14)15)7-2-3-9-8(4-7)5-10(13)12-9/h2-4,6H,5H2,1H3,(H,12,13)(H,14,15)/t6-/m0/s1. The molecule has 2 rings (SSSR count). The minimum atomic E-state index is -0.854. The van der Waals surface area contributed by atoms with E-state index >= 15 is 0 Å². The van der Waals surface area contributed by atoms with Crippen molar-refractivity contribution in [1.29, 1.82) is 0 Å². The molecule has 4 heteroatoms. The number of amides is 1. The third-order valence-electron chi connectivity index (χ3n) is 2.62. The molecular formula is C11H11NO3. The highest BCUT2D eigenvalue weighted by atomic mass is 16.4. The maximum absolute atomic E-state index is 11.1. The Morgan fingerprint density at radius 2 is 2.27 bits per heavy atom. The van der Waals surface area contributed by atoms with E-state index in [4.69, 9.17) is 5.11 Å². The fourth-order valence-electron chi connectivity index (χ4n) is 1.66. The van der Waals surface area contributed by atoms with E-state index in [1.807, 2.05) is 0 Å². The summed E-state index contributed by atoms with van der Waals surface area (Å²) in [5, 5.41) is 11.6. The molecule has 0 saturated heterocycles. The van der Waals surface area contributed by atoms with E-state index in [1.54, 1.807) is 25.1 Å². The number of carbonyl (C=O) groups excluding carboxylic acids is 1. The highest BCUT2D eigenvalue weighted by Crippen LogP contribution is 2.27. The number of fused-ring (bicyclic) bond motifs is 1. The van der Waals surface area contributed by atoms with Crippen LogP contribution in [0.4, 0.5) is 5.69 Å². The Labute approximate surface area is 86.9 Å². The zero-order valence-electron chi connectivity index (χ0n) is 8.28. The minimum absolute atomic E-state index is 0.0369. The molecule has 1 atom stereocenters. The Morgan fingerprint density at radius 1 is 1.53 bits per heavy atom. The fourth-order valence-corrected chi connectivity index (χ4v) is 1.66. The van der Waals surface area contributed by atoms with Crippen molar-refractivity contribution in [1.82, 2.24) is 0 Å². The topological polar surface area (TPSA) is 66.4 Å². The quantitative estimate of drug-likeness (QED) is 0.766. The Balaban J connectivity index is 2.35. The summed E-state index contributed by atoms with van der Waals surface area (Å²) in [6, 6.07) is 5.28. The van der Waals surface area contributed by atoms with Gasteiger partial charge in [0.05, 0.1) is 12.3 Å². The number of aliphatic carboxylic acids is 1. The Hall–Kier alpha value is -1.84. The van der Waals surface area contributed by atoms with Crippen molar-refractivity contribution in [2.75, 3.05) is 5.32 Å². The SMILES string of the molecule is C[C@H](C(=O)O)c1ccc2c(c1)CC(=O)N2. The van der Waals surface area contributed by atoms with Crippen LogP contribution < -0.4 is 5.32 Å². The van der Waals surface area contributed by atoms with Gasteiger partial charge < -0.3 is 10.4 Å². The second-order valence-corrected chi connectivity index (χ2v) is 3.70. The molecule has 0 fully saturated rings. The first-order chi connectivity index (χ1) is 7.08. The monoisotopic (exact) mass is 205 g/mol. The van der Waals surface area contributed by atoms with Crippen LogP contribution >= 0.6 is 0 Å². The molecule has 78 valence electrons. The minimum Gasteiger partial charge on any atom is -0.481 e. The molecule has 4 nitrogen and oxygen atoms in total. The number of benzene rings is 1. The molecule has 0 saturated carbocycles. The van der Waals surface area contributed by atoms with Gasteiger partial charge in [-0.15, -0.1) is 0 Å². The third-order valence-corrected chi connectivity index (χ3v) is 2.62. The van der Waals surface area contributed by atoms with Crippen LogP contribution in [0.5, 0.6) is 0 Å². The summed E-state index contributed by atoms with van der Waals surface area (Å²) in [7, 11) is 0. The van der Waals surface area contributed by atoms with Crippen LogP contribution in [0.2, 0.25) is 0 Å². The molecule has 0 spiro atoms. The van der Waals surface area contributed by atoms with Crippen molar-refractivity contribution >= 4 is 17.6 Å². The first-order valence-electron chi connectivity index (χ1n) is 4.73. The molecule has 2 N–H and O–H groups in total. The van der Waals surface area contributed by atoms with Crippen LogP contribution in [0.1, 0.15) is 24.0 Å². The molecule has 1 aliphatic rings. The summed E-state index contributed by atoms with van der Waals surface area (Å²) >= 11 is 0. The second kappa shape index (κ2) is 3.38. The van der Waals surface area contributed by atoms with Gasteiger partial charge in [-0.2, -0.15) is 0 Å². The number of hydrogen-bond donors (Lipinski definition) is 2. The fraction of sp³-hybridized carbons (Fsp3) is 0.273. The normalized spacial score (nSPS) is 15.7. The summed E-state index contributed by atoms with van der Waals surface area (Å²) in [4.78, 5) is 21.9. The Bertz CT molecular complexity index is 439. The van der Waals surface area contributed by atoms with Crippen molar-refractivity contribution in [3.8, 4) is 0 Å². The van der Waals surface area contributed by atoms with Gasteiger partial charge in [-0.3, -0.25) is 9.59 Å². The number of carboxylic acid groups (broad SMARTS) is 1. The van der Waals surface area contributed by atoms with Crippen LogP contribution in [0.15, 0.2) is 18.2 Å². The molecule has 1 aromatic carbocycles. The lowest BCUT2D eigenvalue weighted by atomic mass is 9.98. The maximum atomic E-state index is 11.1. The van der Waals surface area contributed by atoms with Gasteiger partial charge in [0.15, 0.2) is 0 Å². The molecule has 0 bridgehead atoms. The van der Waals surface area contributed by atoms with Crippen LogP contribution in [0.3, 0.4) is 0 Å². The van der Waals surface area contributed by atoms with E-state index in [0.717, 1.165) is 16.8 Å². The highest BCUT2D eigenvalue weighted by Gasteiger charge is 2.20. The van der Waals surface area contributed by atoms with Crippen LogP contribution in [0, 0.1) is 0 Å². The summed E-state index contributed by atoms with van der Waals surface area (Å²) in [6.45, 7) is 1.63. The lowest BCUT2D eigenvalue weighted by Gasteiger charge is -2.07. The molecule has 1 amide bonds. The van der Waals surface area contributed by atoms with Crippen LogP contribution in [0.25, 0.3) is 0 Å². The summed E-state index contributed by atoms with van der Waals surface area (Å²) in [6.07, 6.45) is 0.343. The van der Waals surface area contributed by atoms with E-state index in [2.05, 4.69) is 5.32 Å². The largest absolute Gasteiger partial charge is 0.481 e. The zero-order valence-corrected chi connectivity index (χ0v) is 8.28. The zero-order chi connectivity index (χ0) is 11.0. The number of carbonyl (C=O) groups is 2. The molecule has 0 aromatic heterocycles. The van der Waals surface area contributed by atoms with Gasteiger partial charge in [0, 0.05) is 5.69 Å². The summed E-state index contributed by atoms with van der Waals surface area (Å²) < 4.78 is 0. The molecule has 1 aromatic rings. The lowest BCUT2D eigenvalue weighted by Crippen LogP contribution is -2.07. The van der Waals surface area contributed by atoms with Crippen LogP contribution in [-0.4, -0.2) is 17.0 Å². The number of carboxylic acids is 1. The summed E-state index contributed by atoms with van der Waals surface area (Å²) in [5.74, 6) is -1.43. The van der Waals surface area contributed by atoms with Crippen molar-refractivity contribution in [2.24, 2.45) is 0 Å².